The van der Waals surface area contributed by atoms with E-state index in [0.29, 0.717) is 5.02 Å². The first-order chi connectivity index (χ1) is 10.1. The topological polar surface area (TPSA) is 55.0 Å². The zero-order chi connectivity index (χ0) is 14.8. The molecular weight excluding hydrogens is 352 g/mol. The van der Waals surface area contributed by atoms with Crippen LogP contribution in [0, 0.1) is 0 Å². The number of rotatable bonds is 2. The third-order valence-electron chi connectivity index (χ3n) is 3.59. The van der Waals surface area contributed by atoms with E-state index in [2.05, 4.69) is 30.8 Å². The molecule has 21 heavy (non-hydrogen) atoms. The highest BCUT2D eigenvalue weighted by Gasteiger charge is 2.19. The minimum atomic E-state index is 0.197. The van der Waals surface area contributed by atoms with Gasteiger partial charge < -0.3 is 10.6 Å². The summed E-state index contributed by atoms with van der Waals surface area (Å²) < 4.78 is 0.951. The predicted octanol–water partition coefficient (Wildman–Crippen LogP) is 3.49. The van der Waals surface area contributed by atoms with E-state index in [9.17, 15) is 0 Å². The Kier molecular flexibility index (Phi) is 4.42. The molecular formula is C15H16BrClN4. The van der Waals surface area contributed by atoms with Gasteiger partial charge in [0.05, 0.1) is 10.7 Å². The van der Waals surface area contributed by atoms with Crippen molar-refractivity contribution in [3.8, 4) is 11.3 Å². The number of nitrogens with two attached hydrogens (primary N) is 1. The summed E-state index contributed by atoms with van der Waals surface area (Å²) in [6, 6.07) is 7.86. The van der Waals surface area contributed by atoms with Crippen LogP contribution in [0.1, 0.15) is 12.8 Å². The second-order valence-electron chi connectivity index (χ2n) is 5.21. The van der Waals surface area contributed by atoms with Gasteiger partial charge in [0.1, 0.15) is 0 Å². The molecule has 1 aromatic carbocycles. The van der Waals surface area contributed by atoms with Gasteiger partial charge >= 0.3 is 0 Å². The van der Waals surface area contributed by atoms with E-state index in [-0.39, 0.29) is 6.04 Å². The molecule has 0 bridgehead atoms. The monoisotopic (exact) mass is 366 g/mol. The van der Waals surface area contributed by atoms with E-state index in [1.807, 2.05) is 24.3 Å². The van der Waals surface area contributed by atoms with Crippen LogP contribution in [0.25, 0.3) is 11.3 Å². The van der Waals surface area contributed by atoms with Crippen LogP contribution in [0.4, 0.5) is 5.95 Å². The first kappa shape index (κ1) is 14.8. The molecule has 3 rings (SSSR count). The standard InChI is InChI=1S/C15H16BrClN4/c16-10-3-4-12(13(17)8-10)14-5-6-19-15(20-14)21-7-1-2-11(18)9-21/h3-6,8,11H,1-2,7,9,18H2. The van der Waals surface area contributed by atoms with Gasteiger partial charge in [0.15, 0.2) is 0 Å². The van der Waals surface area contributed by atoms with E-state index >= 15 is 0 Å². The van der Waals surface area contributed by atoms with E-state index in [1.54, 1.807) is 6.20 Å². The third kappa shape index (κ3) is 3.36. The Hall–Kier alpha value is -1.17. The fourth-order valence-corrected chi connectivity index (χ4v) is 3.31. The van der Waals surface area contributed by atoms with Crippen LogP contribution in [-0.2, 0) is 0 Å². The van der Waals surface area contributed by atoms with Gasteiger partial charge in [-0.3, -0.25) is 0 Å². The molecule has 2 heterocycles. The van der Waals surface area contributed by atoms with E-state index in [4.69, 9.17) is 17.3 Å². The number of piperidine rings is 1. The molecule has 1 aliphatic heterocycles. The maximum atomic E-state index is 6.30. The fourth-order valence-electron chi connectivity index (χ4n) is 2.54. The van der Waals surface area contributed by atoms with Gasteiger partial charge in [-0.2, -0.15) is 0 Å². The lowest BCUT2D eigenvalue weighted by Crippen LogP contribution is -2.43. The molecule has 1 unspecified atom stereocenters. The van der Waals surface area contributed by atoms with Gasteiger partial charge in [-0.1, -0.05) is 33.6 Å². The molecule has 1 fully saturated rings. The van der Waals surface area contributed by atoms with Crippen molar-refractivity contribution in [2.45, 2.75) is 18.9 Å². The number of anilines is 1. The summed E-state index contributed by atoms with van der Waals surface area (Å²) >= 11 is 9.71. The molecule has 1 atom stereocenters. The molecule has 0 amide bonds. The Morgan fingerprint density at radius 2 is 2.19 bits per heavy atom. The maximum Gasteiger partial charge on any atom is 0.225 e. The molecule has 0 aliphatic carbocycles. The quantitative estimate of drug-likeness (QED) is 0.883. The van der Waals surface area contributed by atoms with E-state index in [1.165, 1.54) is 0 Å². The molecule has 6 heteroatoms. The highest BCUT2D eigenvalue weighted by atomic mass is 79.9. The number of benzene rings is 1. The molecule has 1 aromatic heterocycles. The van der Waals surface area contributed by atoms with Crippen LogP contribution < -0.4 is 10.6 Å². The lowest BCUT2D eigenvalue weighted by atomic mass is 10.1. The maximum absolute atomic E-state index is 6.30. The number of hydrogen-bond acceptors (Lipinski definition) is 4. The molecule has 1 aliphatic rings. The Morgan fingerprint density at radius 3 is 2.95 bits per heavy atom. The fraction of sp³-hybridized carbons (Fsp3) is 0.333. The van der Waals surface area contributed by atoms with Gasteiger partial charge in [-0.15, -0.1) is 0 Å². The van der Waals surface area contributed by atoms with Crippen molar-refractivity contribution in [3.05, 3.63) is 40.0 Å². The highest BCUT2D eigenvalue weighted by Crippen LogP contribution is 2.30. The zero-order valence-electron chi connectivity index (χ0n) is 11.5. The average Bonchev–Trinajstić information content (AvgIpc) is 2.47. The first-order valence-electron chi connectivity index (χ1n) is 6.92. The van der Waals surface area contributed by atoms with Crippen LogP contribution >= 0.6 is 27.5 Å². The number of halogens is 2. The van der Waals surface area contributed by atoms with Crippen LogP contribution in [0.15, 0.2) is 34.9 Å². The number of nitrogens with zero attached hydrogens (tertiary/aromatic N) is 3. The van der Waals surface area contributed by atoms with Gasteiger partial charge in [-0.25, -0.2) is 9.97 Å². The first-order valence-corrected chi connectivity index (χ1v) is 8.09. The summed E-state index contributed by atoms with van der Waals surface area (Å²) in [5.74, 6) is 0.724. The van der Waals surface area contributed by atoms with Crippen molar-refractivity contribution in [1.82, 2.24) is 9.97 Å². The lowest BCUT2D eigenvalue weighted by Gasteiger charge is -2.30. The summed E-state index contributed by atoms with van der Waals surface area (Å²) in [4.78, 5) is 11.2. The predicted molar refractivity (Wildman–Crippen MR) is 89.6 cm³/mol. The molecule has 1 saturated heterocycles. The Labute approximate surface area is 137 Å². The van der Waals surface area contributed by atoms with Gasteiger partial charge in [0.25, 0.3) is 0 Å². The minimum absolute atomic E-state index is 0.197. The smallest absolute Gasteiger partial charge is 0.225 e. The minimum Gasteiger partial charge on any atom is -0.339 e. The Morgan fingerprint density at radius 1 is 1.33 bits per heavy atom. The Balaban J connectivity index is 1.92. The van der Waals surface area contributed by atoms with Gasteiger partial charge in [0, 0.05) is 35.4 Å². The van der Waals surface area contributed by atoms with E-state index in [0.717, 1.165) is 47.6 Å². The molecule has 110 valence electrons. The third-order valence-corrected chi connectivity index (χ3v) is 4.40. The summed E-state index contributed by atoms with van der Waals surface area (Å²) in [6.07, 6.45) is 3.92. The van der Waals surface area contributed by atoms with E-state index < -0.39 is 0 Å². The second kappa shape index (κ2) is 6.30. The molecule has 2 N–H and O–H groups in total. The van der Waals surface area contributed by atoms with Crippen LogP contribution in [0.3, 0.4) is 0 Å². The number of aromatic nitrogens is 2. The van der Waals surface area contributed by atoms with Crippen molar-refractivity contribution in [2.75, 3.05) is 18.0 Å². The molecule has 2 aromatic rings. The van der Waals surface area contributed by atoms with Crippen molar-refractivity contribution < 1.29 is 0 Å². The summed E-state index contributed by atoms with van der Waals surface area (Å²) in [5.41, 5.74) is 7.77. The van der Waals surface area contributed by atoms with Gasteiger partial charge in [-0.05, 0) is 31.0 Å². The van der Waals surface area contributed by atoms with Crippen molar-refractivity contribution in [2.24, 2.45) is 5.73 Å². The zero-order valence-corrected chi connectivity index (χ0v) is 13.8. The normalized spacial score (nSPS) is 18.8. The Bertz CT molecular complexity index is 649. The molecule has 0 saturated carbocycles. The van der Waals surface area contributed by atoms with Crippen molar-refractivity contribution >= 4 is 33.5 Å². The second-order valence-corrected chi connectivity index (χ2v) is 6.54. The molecule has 0 spiro atoms. The SMILES string of the molecule is NC1CCCN(c2nccc(-c3ccc(Br)cc3Cl)n2)C1. The van der Waals surface area contributed by atoms with Crippen LogP contribution in [-0.4, -0.2) is 29.1 Å². The lowest BCUT2D eigenvalue weighted by molar-refractivity contribution is 0.500. The summed E-state index contributed by atoms with van der Waals surface area (Å²) in [7, 11) is 0. The average molecular weight is 368 g/mol. The number of hydrogen-bond donors (Lipinski definition) is 1. The molecule has 4 nitrogen and oxygen atoms in total. The highest BCUT2D eigenvalue weighted by molar-refractivity contribution is 9.10. The van der Waals surface area contributed by atoms with Gasteiger partial charge in [0.2, 0.25) is 5.95 Å². The molecule has 0 radical (unpaired) electrons. The van der Waals surface area contributed by atoms with Crippen LogP contribution in [0.2, 0.25) is 5.02 Å². The van der Waals surface area contributed by atoms with Crippen LogP contribution in [0.5, 0.6) is 0 Å². The van der Waals surface area contributed by atoms with Crippen molar-refractivity contribution in [3.63, 3.8) is 0 Å². The van der Waals surface area contributed by atoms with Crippen molar-refractivity contribution in [1.29, 1.82) is 0 Å². The largest absolute Gasteiger partial charge is 0.339 e. The summed E-state index contributed by atoms with van der Waals surface area (Å²) in [5, 5.41) is 0.671. The summed E-state index contributed by atoms with van der Waals surface area (Å²) in [6.45, 7) is 1.75.